The first-order valence-corrected chi connectivity index (χ1v) is 8.17. The number of hydrogen-bond donors (Lipinski definition) is 3. The van der Waals surface area contributed by atoms with E-state index in [1.165, 1.54) is 20.4 Å². The second-order valence-electron chi connectivity index (χ2n) is 4.91. The Bertz CT molecular complexity index is 968. The average molecular weight is 361 g/mol. The summed E-state index contributed by atoms with van der Waals surface area (Å²) in [6.07, 6.45) is 1.40. The number of rotatable bonds is 6. The normalized spacial score (nSPS) is 10.6. The first-order chi connectivity index (χ1) is 12.1. The zero-order chi connectivity index (χ0) is 17.8. The number of ether oxygens (including phenoxy) is 2. The van der Waals surface area contributed by atoms with Crippen molar-refractivity contribution in [3.8, 4) is 11.5 Å². The van der Waals surface area contributed by atoms with E-state index in [2.05, 4.69) is 25.5 Å². The Balaban J connectivity index is 1.69. The highest BCUT2D eigenvalue weighted by molar-refractivity contribution is 7.99. The maximum absolute atomic E-state index is 12.2. The second kappa shape index (κ2) is 7.26. The monoisotopic (exact) mass is 361 g/mol. The number of thioether (sulfide) groups is 1. The number of methoxy groups -OCH3 is 2. The molecule has 0 atom stereocenters. The molecule has 3 rings (SSSR count). The van der Waals surface area contributed by atoms with Crippen molar-refractivity contribution in [3.05, 3.63) is 34.7 Å². The third-order valence-electron chi connectivity index (χ3n) is 3.32. The van der Waals surface area contributed by atoms with Crippen LogP contribution in [-0.4, -0.2) is 46.0 Å². The summed E-state index contributed by atoms with van der Waals surface area (Å²) in [5, 5.41) is 9.85. The number of anilines is 1. The number of benzene rings is 1. The standard InChI is InChI=1S/C15H15N5O4S/c1-23-8-3-4-11(24-2)10(5-8)17-12(21)7-25-15-18-13-9(6-16-20-13)14(22)19-15/h3-6H,7H2,1-2H3,(H,17,21)(H2,16,18,19,20,22). The fourth-order valence-electron chi connectivity index (χ4n) is 2.12. The van der Waals surface area contributed by atoms with Gasteiger partial charge in [-0.15, -0.1) is 0 Å². The SMILES string of the molecule is COc1ccc(OC)c(NC(=O)CSc2nc3[nH]ncc3c(=O)[nH]2)c1. The largest absolute Gasteiger partial charge is 0.497 e. The Morgan fingerprint density at radius 3 is 2.92 bits per heavy atom. The maximum Gasteiger partial charge on any atom is 0.262 e. The van der Waals surface area contributed by atoms with Crippen molar-refractivity contribution in [2.75, 3.05) is 25.3 Å². The third-order valence-corrected chi connectivity index (χ3v) is 4.19. The third kappa shape index (κ3) is 3.74. The van der Waals surface area contributed by atoms with Gasteiger partial charge in [0.2, 0.25) is 5.91 Å². The van der Waals surface area contributed by atoms with Crippen molar-refractivity contribution < 1.29 is 14.3 Å². The van der Waals surface area contributed by atoms with Gasteiger partial charge in [0.25, 0.3) is 5.56 Å². The van der Waals surface area contributed by atoms with Crippen LogP contribution in [-0.2, 0) is 4.79 Å². The number of fused-ring (bicyclic) bond motifs is 1. The van der Waals surface area contributed by atoms with E-state index in [-0.39, 0.29) is 17.2 Å². The molecule has 0 radical (unpaired) electrons. The Labute approximate surface area is 146 Å². The van der Waals surface area contributed by atoms with Crippen molar-refractivity contribution in [1.29, 1.82) is 0 Å². The van der Waals surface area contributed by atoms with E-state index in [0.29, 0.717) is 33.4 Å². The second-order valence-corrected chi connectivity index (χ2v) is 5.87. The lowest BCUT2D eigenvalue weighted by molar-refractivity contribution is -0.113. The lowest BCUT2D eigenvalue weighted by Gasteiger charge is -2.11. The number of carbonyl (C=O) groups excluding carboxylic acids is 1. The highest BCUT2D eigenvalue weighted by atomic mass is 32.2. The van der Waals surface area contributed by atoms with Crippen LogP contribution in [0.3, 0.4) is 0 Å². The molecule has 9 nitrogen and oxygen atoms in total. The lowest BCUT2D eigenvalue weighted by atomic mass is 10.2. The molecule has 25 heavy (non-hydrogen) atoms. The average Bonchev–Trinajstić information content (AvgIpc) is 3.09. The summed E-state index contributed by atoms with van der Waals surface area (Å²) in [6.45, 7) is 0. The van der Waals surface area contributed by atoms with Gasteiger partial charge in [0.05, 0.1) is 31.9 Å². The van der Waals surface area contributed by atoms with Crippen LogP contribution < -0.4 is 20.3 Å². The van der Waals surface area contributed by atoms with E-state index in [0.717, 1.165) is 11.8 Å². The molecule has 1 aromatic carbocycles. The van der Waals surface area contributed by atoms with Gasteiger partial charge in [-0.25, -0.2) is 4.98 Å². The van der Waals surface area contributed by atoms with Gasteiger partial charge in [0.15, 0.2) is 10.8 Å². The van der Waals surface area contributed by atoms with Crippen LogP contribution in [0.4, 0.5) is 5.69 Å². The molecule has 0 saturated heterocycles. The molecule has 0 spiro atoms. The van der Waals surface area contributed by atoms with Crippen molar-refractivity contribution in [2.24, 2.45) is 0 Å². The summed E-state index contributed by atoms with van der Waals surface area (Å²) >= 11 is 1.11. The Morgan fingerprint density at radius 1 is 1.32 bits per heavy atom. The summed E-state index contributed by atoms with van der Waals surface area (Å²) in [5.74, 6) is 0.899. The predicted octanol–water partition coefficient (Wildman–Crippen LogP) is 1.39. The van der Waals surface area contributed by atoms with Crippen molar-refractivity contribution >= 4 is 34.4 Å². The van der Waals surface area contributed by atoms with Crippen molar-refractivity contribution in [3.63, 3.8) is 0 Å². The molecular weight excluding hydrogens is 346 g/mol. The van der Waals surface area contributed by atoms with Gasteiger partial charge in [0, 0.05) is 6.07 Å². The molecule has 0 fully saturated rings. The number of amides is 1. The zero-order valence-corrected chi connectivity index (χ0v) is 14.3. The molecule has 3 N–H and O–H groups in total. The van der Waals surface area contributed by atoms with Gasteiger partial charge >= 0.3 is 0 Å². The smallest absolute Gasteiger partial charge is 0.262 e. The highest BCUT2D eigenvalue weighted by Gasteiger charge is 2.11. The topological polar surface area (TPSA) is 122 Å². The number of nitrogens with one attached hydrogen (secondary N) is 3. The quantitative estimate of drug-likeness (QED) is 0.448. The molecule has 0 unspecified atom stereocenters. The number of aromatic amines is 2. The van der Waals surface area contributed by atoms with Crippen LogP contribution in [0.15, 0.2) is 34.3 Å². The minimum Gasteiger partial charge on any atom is -0.497 e. The number of H-pyrrole nitrogens is 2. The molecule has 1 amide bonds. The maximum atomic E-state index is 12.2. The van der Waals surface area contributed by atoms with Crippen LogP contribution in [0.1, 0.15) is 0 Å². The fourth-order valence-corrected chi connectivity index (χ4v) is 2.79. The summed E-state index contributed by atoms with van der Waals surface area (Å²) in [6, 6.07) is 5.10. The molecule has 0 aliphatic rings. The van der Waals surface area contributed by atoms with Gasteiger partial charge in [-0.05, 0) is 12.1 Å². The molecule has 0 saturated carbocycles. The molecule has 0 bridgehead atoms. The van der Waals surface area contributed by atoms with Crippen LogP contribution in [0, 0.1) is 0 Å². The molecule has 130 valence electrons. The van der Waals surface area contributed by atoms with Crippen LogP contribution >= 0.6 is 11.8 Å². The first-order valence-electron chi connectivity index (χ1n) is 7.19. The minimum absolute atomic E-state index is 0.0585. The van der Waals surface area contributed by atoms with Gasteiger partial charge in [-0.3, -0.25) is 14.7 Å². The van der Waals surface area contributed by atoms with E-state index < -0.39 is 0 Å². The predicted molar refractivity (Wildman–Crippen MR) is 93.4 cm³/mol. The summed E-state index contributed by atoms with van der Waals surface area (Å²) < 4.78 is 10.4. The fraction of sp³-hybridized carbons (Fsp3) is 0.200. The van der Waals surface area contributed by atoms with E-state index in [9.17, 15) is 9.59 Å². The molecule has 10 heteroatoms. The Hall–Kier alpha value is -3.01. The summed E-state index contributed by atoms with van der Waals surface area (Å²) in [4.78, 5) is 30.8. The first kappa shape index (κ1) is 16.8. The molecule has 3 aromatic rings. The van der Waals surface area contributed by atoms with Crippen molar-refractivity contribution in [1.82, 2.24) is 20.2 Å². The molecule has 2 aromatic heterocycles. The van der Waals surface area contributed by atoms with Crippen LogP contribution in [0.25, 0.3) is 11.0 Å². The molecule has 0 aliphatic carbocycles. The molecular formula is C15H15N5O4S. The lowest BCUT2D eigenvalue weighted by Crippen LogP contribution is -2.16. The summed E-state index contributed by atoms with van der Waals surface area (Å²) in [5.41, 5.74) is 0.565. The summed E-state index contributed by atoms with van der Waals surface area (Å²) in [7, 11) is 3.05. The van der Waals surface area contributed by atoms with Crippen molar-refractivity contribution in [2.45, 2.75) is 5.16 Å². The van der Waals surface area contributed by atoms with Crippen LogP contribution in [0.5, 0.6) is 11.5 Å². The Kier molecular flexibility index (Phi) is 4.89. The number of aromatic nitrogens is 4. The zero-order valence-electron chi connectivity index (χ0n) is 13.5. The molecule has 2 heterocycles. The van der Waals surface area contributed by atoms with E-state index in [1.54, 1.807) is 18.2 Å². The number of nitrogens with zero attached hydrogens (tertiary/aromatic N) is 2. The Morgan fingerprint density at radius 2 is 2.16 bits per heavy atom. The minimum atomic E-state index is -0.309. The highest BCUT2D eigenvalue weighted by Crippen LogP contribution is 2.29. The molecule has 0 aliphatic heterocycles. The van der Waals surface area contributed by atoms with Crippen LogP contribution in [0.2, 0.25) is 0 Å². The van der Waals surface area contributed by atoms with E-state index in [4.69, 9.17) is 9.47 Å². The number of hydrogen-bond acceptors (Lipinski definition) is 7. The van der Waals surface area contributed by atoms with Gasteiger partial charge in [-0.2, -0.15) is 5.10 Å². The van der Waals surface area contributed by atoms with Gasteiger partial charge < -0.3 is 19.8 Å². The van der Waals surface area contributed by atoms with E-state index >= 15 is 0 Å². The van der Waals surface area contributed by atoms with Gasteiger partial charge in [0.1, 0.15) is 16.9 Å². The number of carbonyl (C=O) groups is 1. The van der Waals surface area contributed by atoms with E-state index in [1.807, 2.05) is 0 Å². The van der Waals surface area contributed by atoms with Gasteiger partial charge in [-0.1, -0.05) is 11.8 Å².